The number of allylic oxidation sites excluding steroid dienone is 4. The highest BCUT2D eigenvalue weighted by molar-refractivity contribution is 5.91. The van der Waals surface area contributed by atoms with Crippen LogP contribution in [0.1, 0.15) is 91.5 Å². The largest absolute Gasteiger partial charge is 0.378 e. The van der Waals surface area contributed by atoms with Crippen LogP contribution in [0.4, 0.5) is 176 Å². The third-order valence-corrected chi connectivity index (χ3v) is 21.8. The molecule has 8 nitrogen and oxygen atoms in total. The summed E-state index contributed by atoms with van der Waals surface area (Å²) >= 11 is 0. The van der Waals surface area contributed by atoms with Crippen molar-refractivity contribution in [3.63, 3.8) is 0 Å². The van der Waals surface area contributed by atoms with Crippen LogP contribution in [0.25, 0.3) is 39.0 Å². The molecule has 135 heavy (non-hydrogen) atoms. The van der Waals surface area contributed by atoms with Gasteiger partial charge < -0.3 is 41.2 Å². The molecule has 14 bridgehead atoms. The fraction of sp³-hybridized carbons (Fsp3) is 0.0575. The number of benzene rings is 8. The molecular weight excluding hydrogens is 1920 g/mol. The van der Waals surface area contributed by atoms with Gasteiger partial charge in [0.15, 0.2) is 186 Å². The van der Waals surface area contributed by atoms with Crippen molar-refractivity contribution in [2.45, 2.75) is 31.0 Å². The van der Waals surface area contributed by atoms with Gasteiger partial charge in [-0.2, -0.15) is 0 Å². The van der Waals surface area contributed by atoms with Gasteiger partial charge in [0.2, 0.25) is 46.5 Å². The predicted molar refractivity (Wildman–Crippen MR) is 387 cm³/mol. The molecule has 8 aromatic carbocycles. The van der Waals surface area contributed by atoms with Crippen LogP contribution in [-0.2, 0) is 0 Å². The molecule has 16 rings (SSSR count). The van der Waals surface area contributed by atoms with Crippen LogP contribution in [-0.4, -0.2) is 38.1 Å². The lowest BCUT2D eigenvalue weighted by Crippen LogP contribution is -2.34. The van der Waals surface area contributed by atoms with E-state index < -0.39 is 408 Å². The quantitative estimate of drug-likeness (QED) is 0.0440. The SMILES string of the molecule is CC1=C(c2c(F)c(F)c(F)c(F)c2F)c2ccc([nH]2)/C(c2c(F)c(F)c(F)c(F)c2F)=C2/C=CC(N2)/C(c2c(F)c(F)c(F)c(F)c2F)=c2/cc/c([nH]2)=C(\c2c(F)c(F)c(F)c(F)c2F)c2ccc([nH]2)C(c2c(F)c(F)c(F)c(F)c2F)C2C=C/C(=C(\c3c(F)c(F)c(F)c(F)c3F)C3C=C/C(=C(/c4c(F)c(F)c(F)c(F)c4F)c4ccc([nH]4)C(c4c(F)c(F)c(F)c(F)c4F)=CN1)N3)N2. The first-order valence-electron chi connectivity index (χ1n) is 37.0. The number of aromatic amines is 4. The second-order valence-electron chi connectivity index (χ2n) is 29.1. The zero-order valence-corrected chi connectivity index (χ0v) is 64.6. The fourth-order valence-electron chi connectivity index (χ4n) is 15.7. The van der Waals surface area contributed by atoms with Crippen LogP contribution in [0.2, 0.25) is 0 Å². The maximum absolute atomic E-state index is 16.9. The molecular formula is C87H30F40N8. The van der Waals surface area contributed by atoms with Crippen molar-refractivity contribution in [1.82, 2.24) is 41.2 Å². The summed E-state index contributed by atoms with van der Waals surface area (Å²) in [6.45, 7) is 0.392. The van der Waals surface area contributed by atoms with Crippen molar-refractivity contribution >= 4 is 39.0 Å². The number of H-pyrrole nitrogens is 4. The monoisotopic (exact) mass is 1950 g/mol. The van der Waals surface area contributed by atoms with Gasteiger partial charge in [0, 0.05) is 118 Å². The van der Waals surface area contributed by atoms with E-state index in [9.17, 15) is 0 Å². The van der Waals surface area contributed by atoms with Gasteiger partial charge in [-0.25, -0.2) is 176 Å². The molecule has 4 unspecified atom stereocenters. The van der Waals surface area contributed by atoms with E-state index in [4.69, 9.17) is 0 Å². The van der Waals surface area contributed by atoms with Crippen LogP contribution in [0.3, 0.4) is 0 Å². The van der Waals surface area contributed by atoms with Crippen molar-refractivity contribution in [3.05, 3.63) is 436 Å². The van der Waals surface area contributed by atoms with E-state index in [1.807, 2.05) is 15.3 Å². The molecule has 0 radical (unpaired) electrons. The topological polar surface area (TPSA) is 111 Å². The van der Waals surface area contributed by atoms with Gasteiger partial charge in [0.25, 0.3) is 0 Å². The smallest absolute Gasteiger partial charge is 0.200 e. The molecule has 698 valence electrons. The number of halogens is 40. The Kier molecular flexibility index (Phi) is 23.4. The molecule has 0 spiro atoms. The Morgan fingerprint density at radius 2 is 0.489 bits per heavy atom. The molecule has 8 N–H and O–H groups in total. The van der Waals surface area contributed by atoms with Gasteiger partial charge >= 0.3 is 0 Å². The molecule has 4 aliphatic rings. The summed E-state index contributed by atoms with van der Waals surface area (Å²) in [5.41, 5.74) is -43.7. The van der Waals surface area contributed by atoms with Crippen molar-refractivity contribution in [2.75, 3.05) is 0 Å². The fourth-order valence-corrected chi connectivity index (χ4v) is 15.7. The summed E-state index contributed by atoms with van der Waals surface area (Å²) in [5, 5.41) is 5.59. The number of hydrogen-bond donors (Lipinski definition) is 8. The molecule has 4 aliphatic heterocycles. The van der Waals surface area contributed by atoms with Gasteiger partial charge in [-0.3, -0.25) is 0 Å². The van der Waals surface area contributed by atoms with E-state index in [1.165, 1.54) is 0 Å². The molecule has 0 amide bonds. The van der Waals surface area contributed by atoms with Crippen LogP contribution in [0, 0.1) is 233 Å². The molecule has 12 aromatic rings. The first kappa shape index (κ1) is 93.2. The highest BCUT2D eigenvalue weighted by Gasteiger charge is 2.45. The summed E-state index contributed by atoms with van der Waals surface area (Å²) in [6, 6.07) is -5.55. The van der Waals surface area contributed by atoms with Crippen LogP contribution in [0.5, 0.6) is 0 Å². The van der Waals surface area contributed by atoms with Crippen molar-refractivity contribution in [3.8, 4) is 0 Å². The summed E-state index contributed by atoms with van der Waals surface area (Å²) in [7, 11) is 0. The van der Waals surface area contributed by atoms with Gasteiger partial charge in [-0.15, -0.1) is 0 Å². The predicted octanol–water partition coefficient (Wildman–Crippen LogP) is 21.8. The minimum Gasteiger partial charge on any atom is -0.378 e. The second-order valence-corrected chi connectivity index (χ2v) is 29.1. The zero-order chi connectivity index (χ0) is 98.3. The highest BCUT2D eigenvalue weighted by atomic mass is 19.2. The Balaban J connectivity index is 1.06. The zero-order valence-electron chi connectivity index (χ0n) is 64.6. The van der Waals surface area contributed by atoms with Crippen LogP contribution in [0.15, 0.2) is 114 Å². The van der Waals surface area contributed by atoms with Gasteiger partial charge in [-0.05, 0) is 73.7 Å². The summed E-state index contributed by atoms with van der Waals surface area (Å²) in [6.07, 6.45) is 2.10. The second kappa shape index (κ2) is 33.9. The van der Waals surface area contributed by atoms with E-state index >= 15 is 176 Å². The molecule has 4 atom stereocenters. The highest BCUT2D eigenvalue weighted by Crippen LogP contribution is 2.48. The molecule has 48 heteroatoms. The number of nitrogens with one attached hydrogen (secondary N) is 8. The molecule has 8 heterocycles. The standard InChI is InChI=1S/C87H30F40N8/c1-17-33(41-50(90)66(106)81(121)67(107)51(41)91)20-4-5-22(130-20)36(43-54(94)70(110)83(123)71(111)55(43)95)24-8-9-26(132-24)38(45-58(98)74(114)85(125)75(115)59(45)99)28-12-13-30(134-28)40(47-62(102)78(118)87(127)79(119)63(47)103)32-15-14-31(135-32)39(46-60(100)76(116)86(126)77(117)61(46)101)29-11-10-27(133-29)37(44-56(96)72(112)84(124)73(113)57(44)97)25-7-6-23(131-25)35(42-52(92)68(108)82(122)69(109)53(42)93)21-3-2-19(129-21)18(16-128-17)34-48(88)64(104)80(120)65(105)49(34)89/h2-16,25-26,29,39,128-135H,1H3/b18-16?,33-17?,35-23-,36-24+,37-27+,38-28+,40-30+. The minimum absolute atomic E-state index is 0.0982. The maximum Gasteiger partial charge on any atom is 0.200 e. The lowest BCUT2D eigenvalue weighted by Gasteiger charge is -2.27. The van der Waals surface area contributed by atoms with E-state index in [0.717, 1.165) is 0 Å². The molecule has 0 saturated carbocycles. The van der Waals surface area contributed by atoms with Crippen molar-refractivity contribution in [2.24, 2.45) is 0 Å². The average Bonchev–Trinajstić information content (AvgIpc) is 1.60. The molecule has 0 fully saturated rings. The lowest BCUT2D eigenvalue weighted by molar-refractivity contribution is 0.363. The summed E-state index contributed by atoms with van der Waals surface area (Å²) in [5.74, 6) is -122. The van der Waals surface area contributed by atoms with Crippen molar-refractivity contribution < 1.29 is 176 Å². The summed E-state index contributed by atoms with van der Waals surface area (Å²) in [4.78, 5) is 8.22. The van der Waals surface area contributed by atoms with E-state index in [1.54, 1.807) is 0 Å². The lowest BCUT2D eigenvalue weighted by atomic mass is 9.87. The number of fused-ring (bicyclic) bond motifs is 14. The molecule has 0 saturated heterocycles. The number of rotatable bonds is 8. The van der Waals surface area contributed by atoms with Crippen molar-refractivity contribution in [1.29, 1.82) is 0 Å². The Labute approximate surface area is 720 Å². The Hall–Kier alpha value is -15.1. The van der Waals surface area contributed by atoms with E-state index in [2.05, 4.69) is 25.9 Å². The Morgan fingerprint density at radius 1 is 0.215 bits per heavy atom. The normalized spacial score (nSPS) is 18.9. The maximum atomic E-state index is 16.9. The Morgan fingerprint density at radius 3 is 0.874 bits per heavy atom. The number of aromatic nitrogens is 4. The van der Waals surface area contributed by atoms with E-state index in [0.29, 0.717) is 73.7 Å². The van der Waals surface area contributed by atoms with E-state index in [-0.39, 0.29) is 24.4 Å². The third-order valence-electron chi connectivity index (χ3n) is 21.8. The first-order chi connectivity index (χ1) is 63.6. The summed E-state index contributed by atoms with van der Waals surface area (Å²) < 4.78 is 644. The molecule has 4 aromatic heterocycles. The third kappa shape index (κ3) is 14.3. The first-order valence-corrected chi connectivity index (χ1v) is 37.0. The Bertz CT molecular complexity index is 7490. The average molecular weight is 1950 g/mol. The van der Waals surface area contributed by atoms with Gasteiger partial charge in [0.05, 0.1) is 63.0 Å². The van der Waals surface area contributed by atoms with Gasteiger partial charge in [0.1, 0.15) is 0 Å². The number of hydrogen-bond acceptors (Lipinski definition) is 4. The van der Waals surface area contributed by atoms with Gasteiger partial charge in [-0.1, -0.05) is 18.2 Å². The van der Waals surface area contributed by atoms with Crippen LogP contribution < -0.4 is 32.0 Å². The minimum atomic E-state index is -3.03. The molecule has 0 aliphatic carbocycles. The van der Waals surface area contributed by atoms with Crippen LogP contribution >= 0.6 is 0 Å².